The van der Waals surface area contributed by atoms with Gasteiger partial charge in [0.15, 0.2) is 0 Å². The lowest BCUT2D eigenvalue weighted by molar-refractivity contribution is -0.127. The molecule has 1 aliphatic carbocycles. The van der Waals surface area contributed by atoms with E-state index in [1.54, 1.807) is 53.6 Å². The van der Waals surface area contributed by atoms with Crippen LogP contribution >= 0.6 is 0 Å². The molecule has 33 heavy (non-hydrogen) atoms. The standard InChI is InChI=1S/C24H21N5O4/c30-20(28-15-4-3-5-17(12-15)33-21-14-25-10-11-26-21)13-27-23(31)22-18-6-1-2-7-19(18)24(32)29(22)16-8-9-16/h1-7,10-12,14,16,22H,8-9,13H2,(H,27,31)(H,28,30). The highest BCUT2D eigenvalue weighted by molar-refractivity contribution is 6.05. The Morgan fingerprint density at radius 3 is 2.73 bits per heavy atom. The van der Waals surface area contributed by atoms with Gasteiger partial charge in [0.05, 0.1) is 12.7 Å². The predicted molar refractivity (Wildman–Crippen MR) is 119 cm³/mol. The molecule has 0 bridgehead atoms. The molecular weight excluding hydrogens is 422 g/mol. The smallest absolute Gasteiger partial charge is 0.255 e. The largest absolute Gasteiger partial charge is 0.437 e. The number of ether oxygens (including phenoxy) is 1. The number of nitrogens with zero attached hydrogens (tertiary/aromatic N) is 3. The number of amides is 3. The molecule has 2 aliphatic rings. The number of hydrogen-bond donors (Lipinski definition) is 2. The molecular formula is C24H21N5O4. The normalized spacial score (nSPS) is 16.8. The third-order valence-electron chi connectivity index (χ3n) is 5.49. The van der Waals surface area contributed by atoms with E-state index in [4.69, 9.17) is 4.74 Å². The lowest BCUT2D eigenvalue weighted by Crippen LogP contribution is -2.42. The van der Waals surface area contributed by atoms with E-state index in [1.165, 1.54) is 12.4 Å². The lowest BCUT2D eigenvalue weighted by Gasteiger charge is -2.24. The fourth-order valence-corrected chi connectivity index (χ4v) is 3.90. The van der Waals surface area contributed by atoms with Crippen LogP contribution in [-0.2, 0) is 9.59 Å². The molecule has 1 atom stereocenters. The minimum Gasteiger partial charge on any atom is -0.437 e. The Morgan fingerprint density at radius 1 is 1.09 bits per heavy atom. The van der Waals surface area contributed by atoms with Crippen LogP contribution in [0.25, 0.3) is 0 Å². The van der Waals surface area contributed by atoms with Gasteiger partial charge in [-0.3, -0.25) is 19.4 Å². The number of nitrogens with one attached hydrogen (secondary N) is 2. The summed E-state index contributed by atoms with van der Waals surface area (Å²) in [6.07, 6.45) is 6.32. The average molecular weight is 443 g/mol. The van der Waals surface area contributed by atoms with E-state index in [0.29, 0.717) is 28.4 Å². The number of hydrogen-bond acceptors (Lipinski definition) is 6. The van der Waals surface area contributed by atoms with Gasteiger partial charge in [0.1, 0.15) is 11.8 Å². The van der Waals surface area contributed by atoms with E-state index in [2.05, 4.69) is 20.6 Å². The van der Waals surface area contributed by atoms with E-state index in [-0.39, 0.29) is 24.4 Å². The number of carbonyl (C=O) groups excluding carboxylic acids is 3. The number of aromatic nitrogens is 2. The molecule has 3 amide bonds. The molecule has 3 aromatic rings. The number of benzene rings is 2. The van der Waals surface area contributed by atoms with Crippen LogP contribution < -0.4 is 15.4 Å². The van der Waals surface area contributed by atoms with Gasteiger partial charge < -0.3 is 20.3 Å². The number of fused-ring (bicyclic) bond motifs is 1. The van der Waals surface area contributed by atoms with Crippen LogP contribution in [0.5, 0.6) is 11.6 Å². The van der Waals surface area contributed by atoms with Crippen LogP contribution in [0.3, 0.4) is 0 Å². The molecule has 2 aromatic carbocycles. The minimum atomic E-state index is -0.710. The van der Waals surface area contributed by atoms with Gasteiger partial charge in [-0.05, 0) is 36.6 Å². The van der Waals surface area contributed by atoms with E-state index in [9.17, 15) is 14.4 Å². The lowest BCUT2D eigenvalue weighted by atomic mass is 10.0. The van der Waals surface area contributed by atoms with Crippen LogP contribution in [0.1, 0.15) is 34.8 Å². The van der Waals surface area contributed by atoms with Gasteiger partial charge in [-0.2, -0.15) is 0 Å². The fourth-order valence-electron chi connectivity index (χ4n) is 3.90. The first-order valence-corrected chi connectivity index (χ1v) is 10.6. The first-order valence-electron chi connectivity index (χ1n) is 10.6. The molecule has 1 aromatic heterocycles. The summed E-state index contributed by atoms with van der Waals surface area (Å²) >= 11 is 0. The van der Waals surface area contributed by atoms with Gasteiger partial charge in [0.2, 0.25) is 17.7 Å². The topological polar surface area (TPSA) is 114 Å². The SMILES string of the molecule is O=C(CNC(=O)C1c2ccccc2C(=O)N1C1CC1)Nc1cccc(Oc2cnccn2)c1. The van der Waals surface area contributed by atoms with E-state index >= 15 is 0 Å². The summed E-state index contributed by atoms with van der Waals surface area (Å²) in [5.74, 6) is -0.0679. The van der Waals surface area contributed by atoms with Crippen molar-refractivity contribution in [3.63, 3.8) is 0 Å². The van der Waals surface area contributed by atoms with Gasteiger partial charge >= 0.3 is 0 Å². The van der Waals surface area contributed by atoms with Crippen molar-refractivity contribution in [2.45, 2.75) is 24.9 Å². The molecule has 5 rings (SSSR count). The quantitative estimate of drug-likeness (QED) is 0.580. The maximum Gasteiger partial charge on any atom is 0.255 e. The second-order valence-electron chi connectivity index (χ2n) is 7.87. The van der Waals surface area contributed by atoms with Crippen molar-refractivity contribution < 1.29 is 19.1 Å². The van der Waals surface area contributed by atoms with Crippen molar-refractivity contribution in [1.82, 2.24) is 20.2 Å². The highest BCUT2D eigenvalue weighted by Gasteiger charge is 2.47. The van der Waals surface area contributed by atoms with Crippen molar-refractivity contribution in [3.05, 3.63) is 78.2 Å². The Balaban J connectivity index is 1.21. The molecule has 9 heteroatoms. The third kappa shape index (κ3) is 4.38. The molecule has 0 spiro atoms. The minimum absolute atomic E-state index is 0.0755. The Hall–Kier alpha value is -4.27. The van der Waals surface area contributed by atoms with E-state index < -0.39 is 11.9 Å². The zero-order valence-corrected chi connectivity index (χ0v) is 17.6. The summed E-state index contributed by atoms with van der Waals surface area (Å²) in [7, 11) is 0. The molecule has 2 heterocycles. The van der Waals surface area contributed by atoms with Crippen LogP contribution in [0.2, 0.25) is 0 Å². The molecule has 1 aliphatic heterocycles. The summed E-state index contributed by atoms with van der Waals surface area (Å²) in [5.41, 5.74) is 1.74. The van der Waals surface area contributed by atoms with Crippen molar-refractivity contribution in [3.8, 4) is 11.6 Å². The van der Waals surface area contributed by atoms with Crippen molar-refractivity contribution in [2.75, 3.05) is 11.9 Å². The molecule has 0 radical (unpaired) electrons. The van der Waals surface area contributed by atoms with Gasteiger partial charge in [0.25, 0.3) is 5.91 Å². The number of carbonyl (C=O) groups is 3. The molecule has 1 fully saturated rings. The van der Waals surface area contributed by atoms with Crippen LogP contribution in [0.15, 0.2) is 67.1 Å². The highest BCUT2D eigenvalue weighted by Crippen LogP contribution is 2.41. The molecule has 1 unspecified atom stereocenters. The Morgan fingerprint density at radius 2 is 1.94 bits per heavy atom. The Labute approximate surface area is 189 Å². The summed E-state index contributed by atoms with van der Waals surface area (Å²) in [6.45, 7) is -0.223. The summed E-state index contributed by atoms with van der Waals surface area (Å²) in [6, 6.07) is 13.3. The zero-order valence-electron chi connectivity index (χ0n) is 17.6. The molecule has 0 saturated heterocycles. The number of rotatable bonds is 7. The van der Waals surface area contributed by atoms with Crippen molar-refractivity contribution in [2.24, 2.45) is 0 Å². The number of anilines is 1. The predicted octanol–water partition coefficient (Wildman–Crippen LogP) is 2.68. The zero-order chi connectivity index (χ0) is 22.8. The van der Waals surface area contributed by atoms with Crippen molar-refractivity contribution >= 4 is 23.4 Å². The monoisotopic (exact) mass is 443 g/mol. The summed E-state index contributed by atoms with van der Waals surface area (Å²) in [4.78, 5) is 47.9. The summed E-state index contributed by atoms with van der Waals surface area (Å²) in [5, 5.41) is 5.42. The summed E-state index contributed by atoms with van der Waals surface area (Å²) < 4.78 is 5.62. The molecule has 9 nitrogen and oxygen atoms in total. The first kappa shape index (κ1) is 20.6. The average Bonchev–Trinajstić information content (AvgIpc) is 3.62. The second-order valence-corrected chi connectivity index (χ2v) is 7.87. The Bertz CT molecular complexity index is 1210. The van der Waals surface area contributed by atoms with Gasteiger partial charge in [-0.1, -0.05) is 24.3 Å². The first-order chi connectivity index (χ1) is 16.1. The maximum absolute atomic E-state index is 13.0. The van der Waals surface area contributed by atoms with Crippen molar-refractivity contribution in [1.29, 1.82) is 0 Å². The third-order valence-corrected chi connectivity index (χ3v) is 5.49. The van der Waals surface area contributed by atoms with Crippen LogP contribution in [-0.4, -0.2) is 45.2 Å². The molecule has 166 valence electrons. The maximum atomic E-state index is 13.0. The molecule has 1 saturated carbocycles. The van der Waals surface area contributed by atoms with E-state index in [1.807, 2.05) is 6.07 Å². The molecule has 2 N–H and O–H groups in total. The van der Waals surface area contributed by atoms with Crippen LogP contribution in [0, 0.1) is 0 Å². The van der Waals surface area contributed by atoms with Gasteiger partial charge in [-0.25, -0.2) is 4.98 Å². The van der Waals surface area contributed by atoms with Gasteiger partial charge in [-0.15, -0.1) is 0 Å². The van der Waals surface area contributed by atoms with Gasteiger partial charge in [0, 0.05) is 35.8 Å². The fraction of sp³-hybridized carbons (Fsp3) is 0.208. The Kier molecular flexibility index (Phi) is 5.43. The highest BCUT2D eigenvalue weighted by atomic mass is 16.5. The van der Waals surface area contributed by atoms with Crippen LogP contribution in [0.4, 0.5) is 5.69 Å². The van der Waals surface area contributed by atoms with E-state index in [0.717, 1.165) is 12.8 Å². The second kappa shape index (κ2) is 8.70.